The van der Waals surface area contributed by atoms with Crippen molar-refractivity contribution in [2.24, 2.45) is 0 Å². The van der Waals surface area contributed by atoms with E-state index < -0.39 is 5.97 Å². The number of carboxylic acid groups (broad SMARTS) is 1. The van der Waals surface area contributed by atoms with E-state index in [-0.39, 0.29) is 12.3 Å². The van der Waals surface area contributed by atoms with Gasteiger partial charge in [0.25, 0.3) is 5.91 Å². The lowest BCUT2D eigenvalue weighted by atomic mass is 10.0. The van der Waals surface area contributed by atoms with E-state index in [1.807, 2.05) is 18.2 Å². The van der Waals surface area contributed by atoms with Gasteiger partial charge in [0.2, 0.25) is 0 Å². The maximum absolute atomic E-state index is 12.5. The predicted molar refractivity (Wildman–Crippen MR) is 107 cm³/mol. The largest absolute Gasteiger partial charge is 0.481 e. The molecule has 4 nitrogen and oxygen atoms in total. The topological polar surface area (TPSA) is 57.6 Å². The van der Waals surface area contributed by atoms with E-state index in [0.717, 1.165) is 18.4 Å². The zero-order valence-corrected chi connectivity index (χ0v) is 16.2. The Hall–Kier alpha value is -1.66. The van der Waals surface area contributed by atoms with Crippen LogP contribution in [0.5, 0.6) is 0 Å². The van der Waals surface area contributed by atoms with Crippen LogP contribution < -0.4 is 0 Å². The summed E-state index contributed by atoms with van der Waals surface area (Å²) in [5, 5.41) is 8.63. The summed E-state index contributed by atoms with van der Waals surface area (Å²) in [4.78, 5) is 25.3. The lowest BCUT2D eigenvalue weighted by molar-refractivity contribution is -0.137. The Morgan fingerprint density at radius 3 is 2.52 bits per heavy atom. The van der Waals surface area contributed by atoms with E-state index in [9.17, 15) is 9.59 Å². The van der Waals surface area contributed by atoms with Gasteiger partial charge < -0.3 is 5.11 Å². The Bertz CT molecular complexity index is 680. The fourth-order valence-corrected chi connectivity index (χ4v) is 3.85. The van der Waals surface area contributed by atoms with Gasteiger partial charge in [0.15, 0.2) is 0 Å². The summed E-state index contributed by atoms with van der Waals surface area (Å²) >= 11 is 6.65. The summed E-state index contributed by atoms with van der Waals surface area (Å²) < 4.78 is 0.577. The highest BCUT2D eigenvalue weighted by molar-refractivity contribution is 8.26. The molecule has 1 saturated heterocycles. The lowest BCUT2D eigenvalue weighted by Crippen LogP contribution is -2.29. The van der Waals surface area contributed by atoms with Gasteiger partial charge in [-0.25, -0.2) is 0 Å². The van der Waals surface area contributed by atoms with Crippen molar-refractivity contribution in [2.75, 3.05) is 6.54 Å². The molecule has 0 saturated carbocycles. The maximum Gasteiger partial charge on any atom is 0.303 e. The van der Waals surface area contributed by atoms with E-state index >= 15 is 0 Å². The summed E-state index contributed by atoms with van der Waals surface area (Å²) in [5.41, 5.74) is 2.26. The number of aliphatic carboxylic acids is 1. The number of carbonyl (C=O) groups is 2. The Labute approximate surface area is 158 Å². The molecule has 0 aliphatic carbocycles. The quantitative estimate of drug-likeness (QED) is 0.406. The minimum atomic E-state index is -0.781. The molecular weight excluding hydrogens is 354 g/mol. The molecule has 2 rings (SSSR count). The van der Waals surface area contributed by atoms with Crippen LogP contribution >= 0.6 is 24.0 Å². The highest BCUT2D eigenvalue weighted by Gasteiger charge is 2.31. The minimum absolute atomic E-state index is 0.0545. The summed E-state index contributed by atoms with van der Waals surface area (Å²) in [6.07, 6.45) is 4.22. The molecule has 134 valence electrons. The number of carbonyl (C=O) groups excluding carboxylic acids is 1. The van der Waals surface area contributed by atoms with E-state index in [1.165, 1.54) is 17.3 Å². The molecule has 1 aliphatic heterocycles. The van der Waals surface area contributed by atoms with Gasteiger partial charge in [0.1, 0.15) is 4.32 Å². The Balaban J connectivity index is 1.94. The van der Waals surface area contributed by atoms with Gasteiger partial charge in [-0.1, -0.05) is 68.5 Å². The van der Waals surface area contributed by atoms with Crippen molar-refractivity contribution in [1.29, 1.82) is 0 Å². The van der Waals surface area contributed by atoms with Gasteiger partial charge in [-0.3, -0.25) is 14.5 Å². The summed E-state index contributed by atoms with van der Waals surface area (Å²) in [7, 11) is 0. The van der Waals surface area contributed by atoms with E-state index in [4.69, 9.17) is 17.3 Å². The Morgan fingerprint density at radius 2 is 1.92 bits per heavy atom. The molecule has 0 radical (unpaired) electrons. The molecule has 1 aromatic rings. The molecule has 0 aromatic heterocycles. The van der Waals surface area contributed by atoms with Crippen LogP contribution in [-0.2, 0) is 9.59 Å². The number of carboxylic acids is 1. The first-order valence-corrected chi connectivity index (χ1v) is 9.68. The van der Waals surface area contributed by atoms with Crippen LogP contribution in [0.15, 0.2) is 29.2 Å². The Morgan fingerprint density at radius 1 is 1.24 bits per heavy atom. The van der Waals surface area contributed by atoms with Crippen LogP contribution in [0.4, 0.5) is 0 Å². The normalized spacial score (nSPS) is 16.3. The number of nitrogens with zero attached hydrogens (tertiary/aromatic N) is 1. The van der Waals surface area contributed by atoms with Crippen LogP contribution in [0.25, 0.3) is 6.08 Å². The van der Waals surface area contributed by atoms with Crippen molar-refractivity contribution in [3.63, 3.8) is 0 Å². The van der Waals surface area contributed by atoms with Crippen LogP contribution in [0.2, 0.25) is 0 Å². The third-order valence-electron chi connectivity index (χ3n) is 4.05. The number of unbranched alkanes of at least 4 members (excludes halogenated alkanes) is 2. The van der Waals surface area contributed by atoms with Gasteiger partial charge in [-0.15, -0.1) is 0 Å². The molecule has 1 N–H and O–H groups in total. The number of rotatable bonds is 8. The van der Waals surface area contributed by atoms with Crippen LogP contribution in [0.1, 0.15) is 56.6 Å². The first-order valence-electron chi connectivity index (χ1n) is 8.45. The SMILES string of the molecule is CC(C)c1ccc(/C=C2/SC(=S)N(CCCCCC(=O)O)C2=O)cc1. The molecule has 0 bridgehead atoms. The molecule has 0 atom stereocenters. The molecule has 1 heterocycles. The summed E-state index contributed by atoms with van der Waals surface area (Å²) in [6, 6.07) is 8.21. The minimum Gasteiger partial charge on any atom is -0.481 e. The zero-order chi connectivity index (χ0) is 18.4. The predicted octanol–water partition coefficient (Wildman–Crippen LogP) is 4.66. The first kappa shape index (κ1) is 19.7. The van der Waals surface area contributed by atoms with Gasteiger partial charge in [-0.2, -0.15) is 0 Å². The zero-order valence-electron chi connectivity index (χ0n) is 14.5. The number of hydrogen-bond donors (Lipinski definition) is 1. The van der Waals surface area contributed by atoms with E-state index in [2.05, 4.69) is 26.0 Å². The third-order valence-corrected chi connectivity index (χ3v) is 5.42. The average Bonchev–Trinajstić information content (AvgIpc) is 2.82. The van der Waals surface area contributed by atoms with Crippen molar-refractivity contribution in [3.8, 4) is 0 Å². The fraction of sp³-hybridized carbons (Fsp3) is 0.421. The van der Waals surface area contributed by atoms with E-state index in [1.54, 1.807) is 4.90 Å². The number of hydrogen-bond acceptors (Lipinski definition) is 4. The average molecular weight is 378 g/mol. The fourth-order valence-electron chi connectivity index (χ4n) is 2.54. The second kappa shape index (κ2) is 9.15. The molecule has 1 amide bonds. The highest BCUT2D eigenvalue weighted by atomic mass is 32.2. The van der Waals surface area contributed by atoms with Crippen molar-refractivity contribution >= 4 is 46.3 Å². The highest BCUT2D eigenvalue weighted by Crippen LogP contribution is 2.33. The van der Waals surface area contributed by atoms with Gasteiger partial charge in [0.05, 0.1) is 4.91 Å². The molecule has 1 fully saturated rings. The van der Waals surface area contributed by atoms with Crippen LogP contribution in [0, 0.1) is 0 Å². The standard InChI is InChI=1S/C19H23NO3S2/c1-13(2)15-9-7-14(8-10-15)12-16-18(23)20(19(24)25-16)11-5-3-4-6-17(21)22/h7-10,12-13H,3-6,11H2,1-2H3,(H,21,22)/b16-12+. The number of thioether (sulfide) groups is 1. The number of amides is 1. The van der Waals surface area contributed by atoms with Crippen molar-refractivity contribution < 1.29 is 14.7 Å². The molecule has 25 heavy (non-hydrogen) atoms. The number of benzene rings is 1. The molecule has 1 aliphatic rings. The molecule has 6 heteroatoms. The first-order chi connectivity index (χ1) is 11.9. The van der Waals surface area contributed by atoms with Crippen molar-refractivity contribution in [2.45, 2.75) is 45.4 Å². The monoisotopic (exact) mass is 377 g/mol. The number of thiocarbonyl (C=S) groups is 1. The summed E-state index contributed by atoms with van der Waals surface area (Å²) in [5.74, 6) is -0.355. The van der Waals surface area contributed by atoms with Gasteiger partial charge >= 0.3 is 5.97 Å². The molecule has 1 aromatic carbocycles. The second-order valence-electron chi connectivity index (χ2n) is 6.36. The van der Waals surface area contributed by atoms with E-state index in [0.29, 0.717) is 28.1 Å². The van der Waals surface area contributed by atoms with Crippen molar-refractivity contribution in [1.82, 2.24) is 4.90 Å². The van der Waals surface area contributed by atoms with Gasteiger partial charge in [0, 0.05) is 13.0 Å². The van der Waals surface area contributed by atoms with Crippen LogP contribution in [-0.4, -0.2) is 32.7 Å². The second-order valence-corrected chi connectivity index (χ2v) is 8.03. The lowest BCUT2D eigenvalue weighted by Gasteiger charge is -2.13. The summed E-state index contributed by atoms with van der Waals surface area (Å²) in [6.45, 7) is 4.85. The smallest absolute Gasteiger partial charge is 0.303 e. The third kappa shape index (κ3) is 5.68. The Kier molecular flexibility index (Phi) is 7.20. The molecule has 0 unspecified atom stereocenters. The van der Waals surface area contributed by atoms with Gasteiger partial charge in [-0.05, 0) is 36.0 Å². The van der Waals surface area contributed by atoms with Crippen LogP contribution in [0.3, 0.4) is 0 Å². The van der Waals surface area contributed by atoms with Crippen molar-refractivity contribution in [3.05, 3.63) is 40.3 Å². The molecule has 0 spiro atoms. The maximum atomic E-state index is 12.5. The molecular formula is C19H23NO3S2.